The van der Waals surface area contributed by atoms with Gasteiger partial charge < -0.3 is 33.8 Å². The van der Waals surface area contributed by atoms with Gasteiger partial charge in [0.2, 0.25) is 0 Å². The van der Waals surface area contributed by atoms with Crippen LogP contribution < -0.4 is 0 Å². The molecule has 3 unspecified atom stereocenters. The van der Waals surface area contributed by atoms with Gasteiger partial charge in [0.15, 0.2) is 12.2 Å². The highest BCUT2D eigenvalue weighted by molar-refractivity contribution is 7.47. The van der Waals surface area contributed by atoms with Gasteiger partial charge >= 0.3 is 39.5 Å². The molecule has 0 aliphatic heterocycles. The lowest BCUT2D eigenvalue weighted by Gasteiger charge is -2.21. The van der Waals surface area contributed by atoms with Gasteiger partial charge in [0.1, 0.15) is 19.3 Å². The second-order valence-electron chi connectivity index (χ2n) is 30.9. The van der Waals surface area contributed by atoms with Gasteiger partial charge in [-0.1, -0.05) is 395 Å². The standard InChI is InChI=1S/C84H164O17P2/c1-7-10-12-14-16-18-20-22-23-24-25-26-27-28-29-30-35-39-43-51-57-63-69-84(89)100-79(72-94-81(86)66-60-54-48-41-38-34-32-31-33-36-40-47-53-59-65-77(6)9-3)74-98-102(90,91)96-70-78(85)71-97-103(92,93)99-75-80(73-95-82(87)67-61-55-49-45-44-46-52-58-64-76(4)5)101-83(88)68-62-56-50-42-37-21-19-17-15-13-11-8-2/h76-80,85H,7-75H2,1-6H3,(H,90,91)(H,92,93)/t77?,78-,79-,80-/m1/s1. The highest BCUT2D eigenvalue weighted by atomic mass is 31.2. The first-order chi connectivity index (χ1) is 49.9. The van der Waals surface area contributed by atoms with Crippen molar-refractivity contribution in [2.45, 2.75) is 464 Å². The zero-order valence-electron chi connectivity index (χ0n) is 67.6. The van der Waals surface area contributed by atoms with Crippen LogP contribution in [0.4, 0.5) is 0 Å². The van der Waals surface area contributed by atoms with Gasteiger partial charge in [0.25, 0.3) is 0 Å². The van der Waals surface area contributed by atoms with Crippen molar-refractivity contribution < 1.29 is 80.2 Å². The summed E-state index contributed by atoms with van der Waals surface area (Å²) in [7, 11) is -9.92. The van der Waals surface area contributed by atoms with Crippen molar-refractivity contribution in [2.75, 3.05) is 39.6 Å². The van der Waals surface area contributed by atoms with E-state index in [9.17, 15) is 43.2 Å². The van der Waals surface area contributed by atoms with E-state index in [1.807, 2.05) is 0 Å². The van der Waals surface area contributed by atoms with Crippen molar-refractivity contribution in [3.05, 3.63) is 0 Å². The van der Waals surface area contributed by atoms with E-state index in [4.69, 9.17) is 37.0 Å². The van der Waals surface area contributed by atoms with E-state index >= 15 is 0 Å². The second kappa shape index (κ2) is 75.5. The summed E-state index contributed by atoms with van der Waals surface area (Å²) in [6.07, 6.45) is 66.7. The maximum absolute atomic E-state index is 13.1. The normalized spacial score (nSPS) is 14.1. The molecule has 0 aliphatic rings. The number of aliphatic hydroxyl groups is 1. The highest BCUT2D eigenvalue weighted by Gasteiger charge is 2.30. The van der Waals surface area contributed by atoms with Crippen molar-refractivity contribution in [3.8, 4) is 0 Å². The van der Waals surface area contributed by atoms with Gasteiger partial charge in [-0.05, 0) is 37.5 Å². The van der Waals surface area contributed by atoms with E-state index in [0.717, 1.165) is 102 Å². The predicted molar refractivity (Wildman–Crippen MR) is 423 cm³/mol. The first-order valence-electron chi connectivity index (χ1n) is 43.5. The van der Waals surface area contributed by atoms with E-state index in [1.54, 1.807) is 0 Å². The Morgan fingerprint density at radius 1 is 0.282 bits per heavy atom. The SMILES string of the molecule is CCCCCCCCCCCCCCCCCCCCCCCCC(=O)O[C@H](COC(=O)CCCCCCCCCCCCCCCCC(C)CC)COP(=O)(O)OC[C@@H](O)COP(=O)(O)OC[C@@H](COC(=O)CCCCCCCCCCC(C)C)OC(=O)CCCCCCCCCCCCCC. The van der Waals surface area contributed by atoms with Crippen molar-refractivity contribution in [1.82, 2.24) is 0 Å². The quantitative estimate of drug-likeness (QED) is 0.0222. The number of phosphoric acid groups is 2. The number of carbonyl (C=O) groups is 4. The number of rotatable bonds is 83. The molecule has 6 atom stereocenters. The Kier molecular flexibility index (Phi) is 74.1. The number of hydrogen-bond acceptors (Lipinski definition) is 15. The minimum atomic E-state index is -4.96. The summed E-state index contributed by atoms with van der Waals surface area (Å²) >= 11 is 0. The Morgan fingerprint density at radius 3 is 0.738 bits per heavy atom. The number of unbranched alkanes of at least 4 members (excludes halogenated alkanes) is 52. The van der Waals surface area contributed by atoms with Crippen LogP contribution in [0.5, 0.6) is 0 Å². The molecular formula is C84H164O17P2. The lowest BCUT2D eigenvalue weighted by Crippen LogP contribution is -2.30. The van der Waals surface area contributed by atoms with Gasteiger partial charge in [-0.25, -0.2) is 9.13 Å². The molecule has 0 rings (SSSR count). The molecule has 0 aromatic heterocycles. The Labute approximate surface area is 632 Å². The first-order valence-corrected chi connectivity index (χ1v) is 46.5. The van der Waals surface area contributed by atoms with Gasteiger partial charge in [0.05, 0.1) is 26.4 Å². The molecular weight excluding hydrogens is 1340 g/mol. The maximum Gasteiger partial charge on any atom is 0.472 e. The Bertz CT molecular complexity index is 1980. The van der Waals surface area contributed by atoms with Crippen LogP contribution >= 0.6 is 15.6 Å². The second-order valence-corrected chi connectivity index (χ2v) is 33.8. The van der Waals surface area contributed by atoms with Crippen molar-refractivity contribution in [3.63, 3.8) is 0 Å². The van der Waals surface area contributed by atoms with E-state index in [-0.39, 0.29) is 25.7 Å². The minimum Gasteiger partial charge on any atom is -0.462 e. The summed E-state index contributed by atoms with van der Waals surface area (Å²) in [5.41, 5.74) is 0. The molecule has 3 N–H and O–H groups in total. The summed E-state index contributed by atoms with van der Waals surface area (Å²) in [6.45, 7) is 9.67. The average Bonchev–Trinajstić information content (AvgIpc) is 0.963. The van der Waals surface area contributed by atoms with E-state index in [0.29, 0.717) is 25.7 Å². The average molecular weight is 1510 g/mol. The molecule has 0 heterocycles. The smallest absolute Gasteiger partial charge is 0.462 e. The summed E-state index contributed by atoms with van der Waals surface area (Å²) in [5.74, 6) is -0.529. The van der Waals surface area contributed by atoms with E-state index in [1.165, 1.54) is 263 Å². The van der Waals surface area contributed by atoms with E-state index < -0.39 is 97.5 Å². The minimum absolute atomic E-state index is 0.107. The number of phosphoric ester groups is 2. The Hall–Kier alpha value is -1.94. The molecule has 0 spiro atoms. The molecule has 0 saturated heterocycles. The van der Waals surface area contributed by atoms with Gasteiger partial charge in [-0.15, -0.1) is 0 Å². The molecule has 103 heavy (non-hydrogen) atoms. The third kappa shape index (κ3) is 76.6. The lowest BCUT2D eigenvalue weighted by molar-refractivity contribution is -0.161. The number of ether oxygens (including phenoxy) is 4. The van der Waals surface area contributed by atoms with Crippen LogP contribution in [0.1, 0.15) is 446 Å². The van der Waals surface area contributed by atoms with E-state index in [2.05, 4.69) is 41.5 Å². The molecule has 0 aliphatic carbocycles. The molecule has 19 heteroatoms. The fourth-order valence-corrected chi connectivity index (χ4v) is 14.6. The topological polar surface area (TPSA) is 237 Å². The zero-order valence-corrected chi connectivity index (χ0v) is 69.4. The summed E-state index contributed by atoms with van der Waals surface area (Å²) in [4.78, 5) is 73.1. The Balaban J connectivity index is 5.21. The van der Waals surface area contributed by atoms with Crippen LogP contribution in [-0.2, 0) is 65.4 Å². The van der Waals surface area contributed by atoms with Crippen molar-refractivity contribution in [2.24, 2.45) is 11.8 Å². The number of esters is 4. The molecule has 0 aromatic rings. The Morgan fingerprint density at radius 2 is 0.495 bits per heavy atom. The van der Waals surface area contributed by atoms with Crippen LogP contribution in [0.15, 0.2) is 0 Å². The third-order valence-electron chi connectivity index (χ3n) is 20.1. The largest absolute Gasteiger partial charge is 0.472 e. The van der Waals surface area contributed by atoms with Crippen LogP contribution in [0, 0.1) is 11.8 Å². The van der Waals surface area contributed by atoms with Crippen LogP contribution in [0.2, 0.25) is 0 Å². The van der Waals surface area contributed by atoms with Crippen molar-refractivity contribution in [1.29, 1.82) is 0 Å². The molecule has 0 radical (unpaired) electrons. The van der Waals surface area contributed by atoms with Crippen LogP contribution in [0.3, 0.4) is 0 Å². The molecule has 0 amide bonds. The monoisotopic (exact) mass is 1510 g/mol. The third-order valence-corrected chi connectivity index (χ3v) is 22.0. The summed E-state index contributed by atoms with van der Waals surface area (Å²) < 4.78 is 68.8. The van der Waals surface area contributed by atoms with Crippen molar-refractivity contribution >= 4 is 39.5 Å². The zero-order chi connectivity index (χ0) is 75.6. The molecule has 17 nitrogen and oxygen atoms in total. The van der Waals surface area contributed by atoms with Gasteiger partial charge in [-0.3, -0.25) is 37.3 Å². The fourth-order valence-electron chi connectivity index (χ4n) is 13.0. The van der Waals surface area contributed by atoms with Gasteiger partial charge in [0, 0.05) is 25.7 Å². The number of carbonyl (C=O) groups excluding carboxylic acids is 4. The molecule has 612 valence electrons. The number of hydrogen-bond donors (Lipinski definition) is 3. The molecule has 0 aromatic carbocycles. The fraction of sp³-hybridized carbons (Fsp3) is 0.952. The molecule has 0 saturated carbocycles. The highest BCUT2D eigenvalue weighted by Crippen LogP contribution is 2.45. The maximum atomic E-state index is 13.1. The lowest BCUT2D eigenvalue weighted by atomic mass is 9.99. The number of aliphatic hydroxyl groups excluding tert-OH is 1. The summed E-state index contributed by atoms with van der Waals surface area (Å²) in [6, 6.07) is 0. The molecule has 0 fully saturated rings. The van der Waals surface area contributed by atoms with Gasteiger partial charge in [-0.2, -0.15) is 0 Å². The first kappa shape index (κ1) is 101. The van der Waals surface area contributed by atoms with Crippen LogP contribution in [0.25, 0.3) is 0 Å². The molecule has 0 bridgehead atoms. The van der Waals surface area contributed by atoms with Crippen LogP contribution in [-0.4, -0.2) is 96.7 Å². The predicted octanol–water partition coefficient (Wildman–Crippen LogP) is 25.5. The summed E-state index contributed by atoms with van der Waals surface area (Å²) in [5, 5.41) is 10.7.